The zero-order valence-electron chi connectivity index (χ0n) is 10.6. The summed E-state index contributed by atoms with van der Waals surface area (Å²) >= 11 is 15.5. The van der Waals surface area contributed by atoms with Gasteiger partial charge in [0.25, 0.3) is 0 Å². The van der Waals surface area contributed by atoms with E-state index < -0.39 is 0 Å². The van der Waals surface area contributed by atoms with Crippen molar-refractivity contribution in [3.63, 3.8) is 0 Å². The Morgan fingerprint density at radius 3 is 2.55 bits per heavy atom. The van der Waals surface area contributed by atoms with E-state index in [1.807, 2.05) is 6.92 Å². The second kappa shape index (κ2) is 6.61. The lowest BCUT2D eigenvalue weighted by Crippen LogP contribution is -2.03. The Bertz CT molecular complexity index is 656. The van der Waals surface area contributed by atoms with Crippen LogP contribution < -0.4 is 4.74 Å². The number of halogens is 3. The van der Waals surface area contributed by atoms with Crippen LogP contribution in [0.4, 0.5) is 0 Å². The predicted molar refractivity (Wildman–Crippen MR) is 85.2 cm³/mol. The van der Waals surface area contributed by atoms with Gasteiger partial charge in [0, 0.05) is 15.6 Å². The van der Waals surface area contributed by atoms with Crippen molar-refractivity contribution >= 4 is 44.9 Å². The van der Waals surface area contributed by atoms with Crippen LogP contribution in [0, 0.1) is 0 Å². The molecule has 0 heterocycles. The van der Waals surface area contributed by atoms with Gasteiger partial charge in [0.05, 0.1) is 16.7 Å². The van der Waals surface area contributed by atoms with Crippen molar-refractivity contribution in [2.75, 3.05) is 6.61 Å². The molecule has 0 spiro atoms. The van der Waals surface area contributed by atoms with Gasteiger partial charge in [-0.15, -0.1) is 0 Å². The molecule has 0 aromatic heterocycles. The van der Waals surface area contributed by atoms with Crippen LogP contribution in [0.5, 0.6) is 5.75 Å². The third-order valence-corrected chi connectivity index (χ3v) is 3.79. The molecule has 104 valence electrons. The van der Waals surface area contributed by atoms with Crippen molar-refractivity contribution in [2.24, 2.45) is 0 Å². The lowest BCUT2D eigenvalue weighted by atomic mass is 10.0. The number of ketones is 1. The maximum atomic E-state index is 12.4. The zero-order chi connectivity index (χ0) is 14.7. The Balaban J connectivity index is 2.38. The average molecular weight is 374 g/mol. The smallest absolute Gasteiger partial charge is 0.194 e. The predicted octanol–water partition coefficient (Wildman–Crippen LogP) is 5.39. The molecule has 0 unspecified atom stereocenters. The highest BCUT2D eigenvalue weighted by Gasteiger charge is 2.15. The van der Waals surface area contributed by atoms with Crippen LogP contribution >= 0.6 is 39.1 Å². The van der Waals surface area contributed by atoms with Gasteiger partial charge in [-0.2, -0.15) is 0 Å². The molecule has 0 aliphatic rings. The van der Waals surface area contributed by atoms with Crippen molar-refractivity contribution < 1.29 is 9.53 Å². The largest absolute Gasteiger partial charge is 0.492 e. The van der Waals surface area contributed by atoms with Crippen molar-refractivity contribution in [1.29, 1.82) is 0 Å². The average Bonchev–Trinajstić information content (AvgIpc) is 2.43. The van der Waals surface area contributed by atoms with E-state index in [0.717, 1.165) is 4.47 Å². The summed E-state index contributed by atoms with van der Waals surface area (Å²) in [5, 5.41) is 0.812. The highest BCUT2D eigenvalue weighted by molar-refractivity contribution is 9.10. The SMILES string of the molecule is CCOc1ccc(C(=O)c2cc(Br)ccc2Cl)cc1Cl. The first-order valence-corrected chi connectivity index (χ1v) is 7.50. The van der Waals surface area contributed by atoms with Crippen LogP contribution in [0.15, 0.2) is 40.9 Å². The second-order valence-electron chi connectivity index (χ2n) is 4.03. The summed E-state index contributed by atoms with van der Waals surface area (Å²) in [6.45, 7) is 2.39. The molecule has 0 fully saturated rings. The van der Waals surface area contributed by atoms with Gasteiger partial charge in [-0.25, -0.2) is 0 Å². The van der Waals surface area contributed by atoms with Crippen LogP contribution in [0.2, 0.25) is 10.0 Å². The minimum absolute atomic E-state index is 0.179. The van der Waals surface area contributed by atoms with E-state index >= 15 is 0 Å². The summed E-state index contributed by atoms with van der Waals surface area (Å²) in [6, 6.07) is 10.1. The van der Waals surface area contributed by atoms with Crippen LogP contribution in [0.1, 0.15) is 22.8 Å². The topological polar surface area (TPSA) is 26.3 Å². The van der Waals surface area contributed by atoms with E-state index in [1.165, 1.54) is 0 Å². The van der Waals surface area contributed by atoms with Crippen molar-refractivity contribution in [1.82, 2.24) is 0 Å². The van der Waals surface area contributed by atoms with Gasteiger partial charge >= 0.3 is 0 Å². The van der Waals surface area contributed by atoms with E-state index in [9.17, 15) is 4.79 Å². The molecule has 0 bridgehead atoms. The highest BCUT2D eigenvalue weighted by atomic mass is 79.9. The Labute approximate surface area is 135 Å². The molecular formula is C15H11BrCl2O2. The van der Waals surface area contributed by atoms with Crippen molar-refractivity contribution in [2.45, 2.75) is 6.92 Å². The molecule has 0 aliphatic heterocycles. The van der Waals surface area contributed by atoms with Crippen LogP contribution in [-0.4, -0.2) is 12.4 Å². The molecule has 2 aromatic carbocycles. The fourth-order valence-corrected chi connectivity index (χ4v) is 2.54. The van der Waals surface area contributed by atoms with Crippen LogP contribution in [-0.2, 0) is 0 Å². The fourth-order valence-electron chi connectivity index (χ4n) is 1.74. The molecule has 2 rings (SSSR count). The number of benzene rings is 2. The van der Waals surface area contributed by atoms with Crippen LogP contribution in [0.25, 0.3) is 0 Å². The number of rotatable bonds is 4. The van der Waals surface area contributed by atoms with Gasteiger partial charge in [-0.05, 0) is 43.3 Å². The summed E-state index contributed by atoms with van der Waals surface area (Å²) in [7, 11) is 0. The van der Waals surface area contributed by atoms with Crippen molar-refractivity contribution in [3.8, 4) is 5.75 Å². The summed E-state index contributed by atoms with van der Waals surface area (Å²) < 4.78 is 6.14. The summed E-state index contributed by atoms with van der Waals surface area (Å²) in [5.41, 5.74) is 0.903. The molecule has 0 N–H and O–H groups in total. The monoisotopic (exact) mass is 372 g/mol. The number of ether oxygens (including phenoxy) is 1. The first-order chi connectivity index (χ1) is 9.52. The molecule has 2 nitrogen and oxygen atoms in total. The maximum Gasteiger partial charge on any atom is 0.194 e. The first-order valence-electron chi connectivity index (χ1n) is 5.95. The number of carbonyl (C=O) groups excluding carboxylic acids is 1. The van der Waals surface area contributed by atoms with Gasteiger partial charge in [-0.1, -0.05) is 39.1 Å². The minimum Gasteiger partial charge on any atom is -0.492 e. The molecular weight excluding hydrogens is 363 g/mol. The molecule has 0 amide bonds. The van der Waals surface area contributed by atoms with Gasteiger partial charge < -0.3 is 4.74 Å². The Kier molecular flexibility index (Phi) is 5.08. The van der Waals surface area contributed by atoms with Crippen molar-refractivity contribution in [3.05, 3.63) is 62.0 Å². The molecule has 0 aliphatic carbocycles. The van der Waals surface area contributed by atoms with E-state index in [2.05, 4.69) is 15.9 Å². The third-order valence-electron chi connectivity index (χ3n) is 2.67. The standard InChI is InChI=1S/C15H11BrCl2O2/c1-2-20-14-6-3-9(7-13(14)18)15(19)11-8-10(16)4-5-12(11)17/h3-8H,2H2,1H3. The fraction of sp³-hybridized carbons (Fsp3) is 0.133. The highest BCUT2D eigenvalue weighted by Crippen LogP contribution is 2.28. The van der Waals surface area contributed by atoms with Gasteiger partial charge in [0.2, 0.25) is 0 Å². The second-order valence-corrected chi connectivity index (χ2v) is 5.76. The molecule has 2 aromatic rings. The van der Waals surface area contributed by atoms with E-state index in [-0.39, 0.29) is 5.78 Å². The lowest BCUT2D eigenvalue weighted by molar-refractivity contribution is 0.103. The third kappa shape index (κ3) is 3.35. The van der Waals surface area contributed by atoms with E-state index in [1.54, 1.807) is 36.4 Å². The molecule has 0 atom stereocenters. The molecule has 20 heavy (non-hydrogen) atoms. The maximum absolute atomic E-state index is 12.4. The number of hydrogen-bond acceptors (Lipinski definition) is 2. The number of carbonyl (C=O) groups is 1. The Morgan fingerprint density at radius 1 is 1.15 bits per heavy atom. The molecule has 0 radical (unpaired) electrons. The van der Waals surface area contributed by atoms with E-state index in [0.29, 0.717) is 33.5 Å². The van der Waals surface area contributed by atoms with E-state index in [4.69, 9.17) is 27.9 Å². The molecule has 0 saturated heterocycles. The zero-order valence-corrected chi connectivity index (χ0v) is 13.7. The quantitative estimate of drug-likeness (QED) is 0.672. The van der Waals surface area contributed by atoms with Gasteiger partial charge in [-0.3, -0.25) is 4.79 Å². The minimum atomic E-state index is -0.179. The Hall–Kier alpha value is -1.03. The van der Waals surface area contributed by atoms with Crippen LogP contribution in [0.3, 0.4) is 0 Å². The normalized spacial score (nSPS) is 10.4. The summed E-state index contributed by atoms with van der Waals surface area (Å²) in [4.78, 5) is 12.4. The molecule has 5 heteroatoms. The molecule has 0 saturated carbocycles. The summed E-state index contributed by atoms with van der Waals surface area (Å²) in [5.74, 6) is 0.382. The lowest BCUT2D eigenvalue weighted by Gasteiger charge is -2.08. The van der Waals surface area contributed by atoms with Gasteiger partial charge in [0.1, 0.15) is 5.75 Å². The summed E-state index contributed by atoms with van der Waals surface area (Å²) in [6.07, 6.45) is 0. The number of hydrogen-bond donors (Lipinski definition) is 0. The Morgan fingerprint density at radius 2 is 1.90 bits per heavy atom. The first kappa shape index (κ1) is 15.4. The van der Waals surface area contributed by atoms with Gasteiger partial charge in [0.15, 0.2) is 5.78 Å².